The van der Waals surface area contributed by atoms with Gasteiger partial charge in [0.05, 0.1) is 0 Å². The largest absolute Gasteiger partial charge is 0.249 e. The van der Waals surface area contributed by atoms with Gasteiger partial charge >= 0.3 is 0 Å². The van der Waals surface area contributed by atoms with Crippen LogP contribution in [0.3, 0.4) is 0 Å². The minimum atomic E-state index is -1.46. The van der Waals surface area contributed by atoms with Gasteiger partial charge in [-0.05, 0) is 11.3 Å². The third-order valence-electron chi connectivity index (χ3n) is 4.11. The molecule has 8 nitrogen and oxygen atoms in total. The molecular weight excluding hydrogens is 236 g/mol. The van der Waals surface area contributed by atoms with Crippen molar-refractivity contribution in [2.45, 2.75) is 44.2 Å². The van der Waals surface area contributed by atoms with Gasteiger partial charge < -0.3 is 0 Å². The zero-order chi connectivity index (χ0) is 12.7. The average molecular weight is 252 g/mol. The van der Waals surface area contributed by atoms with Gasteiger partial charge in [-0.3, -0.25) is 0 Å². The van der Waals surface area contributed by atoms with Crippen molar-refractivity contribution in [1.82, 2.24) is 0 Å². The van der Waals surface area contributed by atoms with Crippen LogP contribution in [0, 0.1) is 11.3 Å². The summed E-state index contributed by atoms with van der Waals surface area (Å²) in [7, 11) is 0. The maximum absolute atomic E-state index is 8.78. The van der Waals surface area contributed by atoms with Gasteiger partial charge in [-0.15, -0.1) is 0 Å². The molecule has 0 aromatic carbocycles. The number of rotatable bonds is 4. The predicted molar refractivity (Wildman–Crippen MR) is 50.4 cm³/mol. The molecule has 0 aliphatic heterocycles. The fourth-order valence-corrected chi connectivity index (χ4v) is 3.35. The maximum Gasteiger partial charge on any atom is 0.234 e. The Hall–Kier alpha value is -0.320. The Bertz CT molecular complexity index is 261. The van der Waals surface area contributed by atoms with Crippen LogP contribution in [0.4, 0.5) is 0 Å². The number of hydrogen-bond acceptors (Lipinski definition) is 8. The Morgan fingerprint density at radius 1 is 0.824 bits per heavy atom. The molecule has 2 rings (SSSR count). The summed E-state index contributed by atoms with van der Waals surface area (Å²) in [5.41, 5.74) is -0.461. The van der Waals surface area contributed by atoms with Crippen molar-refractivity contribution in [1.29, 1.82) is 0 Å². The SMILES string of the molecule is CC12CC(OO)(OO)CC1CC(OO)(OO)C2. The lowest BCUT2D eigenvalue weighted by molar-refractivity contribution is -0.497. The number of fused-ring (bicyclic) bond motifs is 1. The van der Waals surface area contributed by atoms with Crippen LogP contribution < -0.4 is 0 Å². The minimum absolute atomic E-state index is 0.110. The van der Waals surface area contributed by atoms with E-state index in [4.69, 9.17) is 21.0 Å². The van der Waals surface area contributed by atoms with Gasteiger partial charge in [-0.2, -0.15) is 0 Å². The molecule has 100 valence electrons. The van der Waals surface area contributed by atoms with Gasteiger partial charge in [0.1, 0.15) is 0 Å². The molecule has 0 atom stereocenters. The van der Waals surface area contributed by atoms with Crippen molar-refractivity contribution in [2.24, 2.45) is 11.3 Å². The highest BCUT2D eigenvalue weighted by Crippen LogP contribution is 2.62. The summed E-state index contributed by atoms with van der Waals surface area (Å²) in [5, 5.41) is 35.1. The highest BCUT2D eigenvalue weighted by molar-refractivity contribution is 5.06. The standard InChI is InChI=1S/C9H16O8/c1-7-4-8(14-10,15-11)2-6(7)3-9(5-7,16-12)17-13/h6,10-13H,2-5H2,1H3. The van der Waals surface area contributed by atoms with Crippen molar-refractivity contribution in [3.8, 4) is 0 Å². The van der Waals surface area contributed by atoms with Crippen LogP contribution in [0.25, 0.3) is 0 Å². The topological polar surface area (TPSA) is 118 Å². The van der Waals surface area contributed by atoms with E-state index in [0.29, 0.717) is 0 Å². The fourth-order valence-electron chi connectivity index (χ4n) is 3.35. The fraction of sp³-hybridized carbons (Fsp3) is 1.00. The smallest absolute Gasteiger partial charge is 0.234 e. The molecule has 2 fully saturated rings. The van der Waals surface area contributed by atoms with Crippen LogP contribution in [-0.4, -0.2) is 32.6 Å². The van der Waals surface area contributed by atoms with E-state index in [2.05, 4.69) is 19.6 Å². The summed E-state index contributed by atoms with van der Waals surface area (Å²) in [6, 6.07) is 0. The van der Waals surface area contributed by atoms with Crippen LogP contribution in [0.15, 0.2) is 0 Å². The van der Waals surface area contributed by atoms with Gasteiger partial charge in [0, 0.05) is 25.7 Å². The first-order valence-corrected chi connectivity index (χ1v) is 5.27. The summed E-state index contributed by atoms with van der Waals surface area (Å²) >= 11 is 0. The van der Waals surface area contributed by atoms with Crippen LogP contribution in [0.5, 0.6) is 0 Å². The van der Waals surface area contributed by atoms with Gasteiger partial charge in [-0.1, -0.05) is 6.92 Å². The van der Waals surface area contributed by atoms with Gasteiger partial charge in [0.15, 0.2) is 0 Å². The van der Waals surface area contributed by atoms with Crippen molar-refractivity contribution in [3.63, 3.8) is 0 Å². The van der Waals surface area contributed by atoms with Gasteiger partial charge in [0.2, 0.25) is 11.6 Å². The molecule has 8 heteroatoms. The van der Waals surface area contributed by atoms with E-state index < -0.39 is 17.0 Å². The molecule has 0 saturated heterocycles. The first kappa shape index (κ1) is 13.1. The summed E-state index contributed by atoms with van der Waals surface area (Å²) < 4.78 is 0. The molecule has 0 amide bonds. The van der Waals surface area contributed by atoms with Crippen LogP contribution >= 0.6 is 0 Å². The molecule has 17 heavy (non-hydrogen) atoms. The first-order chi connectivity index (χ1) is 7.97. The third-order valence-corrected chi connectivity index (χ3v) is 4.11. The van der Waals surface area contributed by atoms with Crippen molar-refractivity contribution >= 4 is 0 Å². The highest BCUT2D eigenvalue weighted by Gasteiger charge is 2.64. The summed E-state index contributed by atoms with van der Waals surface area (Å²) in [5.74, 6) is -3.03. The minimum Gasteiger partial charge on any atom is -0.249 e. The second-order valence-corrected chi connectivity index (χ2v) is 5.30. The normalized spacial score (nSPS) is 38.3. The molecule has 0 aromatic heterocycles. The van der Waals surface area contributed by atoms with Crippen LogP contribution in [0.1, 0.15) is 32.6 Å². The van der Waals surface area contributed by atoms with Gasteiger partial charge in [0.25, 0.3) is 0 Å². The lowest BCUT2D eigenvalue weighted by Gasteiger charge is -2.29. The molecule has 2 aliphatic rings. The lowest BCUT2D eigenvalue weighted by Crippen LogP contribution is -2.37. The molecule has 0 aromatic rings. The Labute approximate surface area is 97.0 Å². The lowest BCUT2D eigenvalue weighted by atomic mass is 9.82. The van der Waals surface area contributed by atoms with E-state index in [0.717, 1.165) is 0 Å². The Morgan fingerprint density at radius 3 is 1.41 bits per heavy atom. The predicted octanol–water partition coefficient (Wildman–Crippen LogP) is 1.55. The third kappa shape index (κ3) is 1.86. The van der Waals surface area contributed by atoms with Crippen molar-refractivity contribution in [3.05, 3.63) is 0 Å². The Morgan fingerprint density at radius 2 is 1.18 bits per heavy atom. The van der Waals surface area contributed by atoms with Crippen molar-refractivity contribution in [2.75, 3.05) is 0 Å². The van der Waals surface area contributed by atoms with Crippen LogP contribution in [-0.2, 0) is 19.6 Å². The Balaban J connectivity index is 2.18. The summed E-state index contributed by atoms with van der Waals surface area (Å²) in [4.78, 5) is 16.8. The van der Waals surface area contributed by atoms with E-state index in [9.17, 15) is 0 Å². The number of hydrogen-bond donors (Lipinski definition) is 4. The molecule has 0 spiro atoms. The quantitative estimate of drug-likeness (QED) is 0.338. The summed E-state index contributed by atoms with van der Waals surface area (Å²) in [6.07, 6.45) is 0.772. The van der Waals surface area contributed by atoms with E-state index >= 15 is 0 Å². The first-order valence-electron chi connectivity index (χ1n) is 5.27. The zero-order valence-electron chi connectivity index (χ0n) is 9.33. The molecule has 0 radical (unpaired) electrons. The monoisotopic (exact) mass is 252 g/mol. The molecule has 0 bridgehead atoms. The second-order valence-electron chi connectivity index (χ2n) is 5.30. The highest BCUT2D eigenvalue weighted by atomic mass is 17.2. The van der Waals surface area contributed by atoms with E-state index in [1.54, 1.807) is 0 Å². The van der Waals surface area contributed by atoms with Crippen LogP contribution in [0.2, 0.25) is 0 Å². The van der Waals surface area contributed by atoms with Crippen molar-refractivity contribution < 1.29 is 40.6 Å². The molecule has 2 saturated carbocycles. The summed E-state index contributed by atoms with van der Waals surface area (Å²) in [6.45, 7) is 1.84. The Kier molecular flexibility index (Phi) is 3.17. The van der Waals surface area contributed by atoms with E-state index in [1.807, 2.05) is 6.92 Å². The molecule has 2 aliphatic carbocycles. The molecular formula is C9H16O8. The van der Waals surface area contributed by atoms with E-state index in [1.165, 1.54) is 0 Å². The molecule has 4 N–H and O–H groups in total. The zero-order valence-corrected chi connectivity index (χ0v) is 9.33. The second kappa shape index (κ2) is 4.11. The van der Waals surface area contributed by atoms with Gasteiger partial charge in [-0.25, -0.2) is 40.6 Å². The molecule has 0 heterocycles. The van der Waals surface area contributed by atoms with E-state index in [-0.39, 0.29) is 31.6 Å². The molecule has 0 unspecified atom stereocenters. The average Bonchev–Trinajstić information content (AvgIpc) is 2.76. The maximum atomic E-state index is 8.78.